The molecule has 17 heavy (non-hydrogen) atoms. The van der Waals surface area contributed by atoms with E-state index in [4.69, 9.17) is 5.26 Å². The van der Waals surface area contributed by atoms with Gasteiger partial charge < -0.3 is 0 Å². The van der Waals surface area contributed by atoms with Crippen LogP contribution >= 0.6 is 0 Å². The Morgan fingerprint density at radius 2 is 2.18 bits per heavy atom. The maximum absolute atomic E-state index is 13.4. The minimum atomic E-state index is -3.76. The van der Waals surface area contributed by atoms with E-state index in [-0.39, 0.29) is 17.8 Å². The molecule has 0 aliphatic heterocycles. The largest absolute Gasteiger partial charge is 0.299 e. The first-order valence-corrected chi connectivity index (χ1v) is 6.44. The first-order chi connectivity index (χ1) is 7.98. The molecule has 0 aliphatic rings. The van der Waals surface area contributed by atoms with Crippen molar-refractivity contribution in [1.29, 1.82) is 5.26 Å². The highest BCUT2D eigenvalue weighted by atomic mass is 32.2. The van der Waals surface area contributed by atoms with Gasteiger partial charge in [-0.25, -0.2) is 4.39 Å². The summed E-state index contributed by atoms with van der Waals surface area (Å²) in [6.45, 7) is 2.08. The van der Waals surface area contributed by atoms with E-state index in [2.05, 4.69) is 4.72 Å². The Hall–Kier alpha value is -1.65. The number of hydrogen-bond acceptors (Lipinski definition) is 3. The monoisotopic (exact) mass is 257 g/mol. The molecule has 0 heterocycles. The zero-order chi connectivity index (χ0) is 12.9. The molecule has 92 valence electrons. The predicted octanol–water partition coefficient (Wildman–Crippen LogP) is 1.35. The predicted molar refractivity (Wildman–Crippen MR) is 62.0 cm³/mol. The molecule has 0 aromatic heterocycles. The molecular weight excluding hydrogens is 245 g/mol. The van der Waals surface area contributed by atoms with E-state index in [1.54, 1.807) is 6.07 Å². The molecular formula is C10H12FN3O2S. The Labute approximate surface area is 99.4 Å². The van der Waals surface area contributed by atoms with Gasteiger partial charge in [-0.3, -0.25) is 4.72 Å². The Bertz CT molecular complexity index is 537. The van der Waals surface area contributed by atoms with Crippen LogP contribution in [0, 0.1) is 17.1 Å². The Balaban J connectivity index is 2.86. The van der Waals surface area contributed by atoms with Crippen molar-refractivity contribution < 1.29 is 12.8 Å². The third-order valence-electron chi connectivity index (χ3n) is 1.88. The fourth-order valence-corrected chi connectivity index (χ4v) is 2.08. The summed E-state index contributed by atoms with van der Waals surface area (Å²) in [7, 11) is -3.76. The molecule has 0 fully saturated rings. The average Bonchev–Trinajstić information content (AvgIpc) is 2.29. The summed E-state index contributed by atoms with van der Waals surface area (Å²) in [6.07, 6.45) is 0.636. The van der Waals surface area contributed by atoms with Gasteiger partial charge in [-0.1, -0.05) is 6.92 Å². The number of benzene rings is 1. The van der Waals surface area contributed by atoms with Gasteiger partial charge in [-0.15, -0.1) is 0 Å². The fraction of sp³-hybridized carbons (Fsp3) is 0.300. The van der Waals surface area contributed by atoms with Crippen molar-refractivity contribution in [1.82, 2.24) is 4.72 Å². The van der Waals surface area contributed by atoms with Crippen molar-refractivity contribution in [3.8, 4) is 6.07 Å². The number of nitriles is 1. The van der Waals surface area contributed by atoms with E-state index in [1.807, 2.05) is 11.6 Å². The summed E-state index contributed by atoms with van der Waals surface area (Å²) in [5, 5.41) is 8.53. The molecule has 0 bridgehead atoms. The lowest BCUT2D eigenvalue weighted by Gasteiger charge is -2.09. The summed E-state index contributed by atoms with van der Waals surface area (Å²) >= 11 is 0. The van der Waals surface area contributed by atoms with E-state index in [1.165, 1.54) is 12.1 Å². The second-order valence-corrected chi connectivity index (χ2v) is 4.81. The highest BCUT2D eigenvalue weighted by Crippen LogP contribution is 2.16. The van der Waals surface area contributed by atoms with Crippen LogP contribution in [0.1, 0.15) is 18.9 Å². The van der Waals surface area contributed by atoms with Crippen LogP contribution < -0.4 is 9.44 Å². The minimum absolute atomic E-state index is 0.131. The van der Waals surface area contributed by atoms with Gasteiger partial charge in [-0.2, -0.15) is 18.4 Å². The van der Waals surface area contributed by atoms with Gasteiger partial charge in [-0.05, 0) is 24.6 Å². The van der Waals surface area contributed by atoms with Gasteiger partial charge in [0.15, 0.2) is 0 Å². The third kappa shape index (κ3) is 4.01. The topological polar surface area (TPSA) is 82.0 Å². The first-order valence-electron chi connectivity index (χ1n) is 4.95. The van der Waals surface area contributed by atoms with Crippen molar-refractivity contribution in [3.63, 3.8) is 0 Å². The summed E-state index contributed by atoms with van der Waals surface area (Å²) in [5.41, 5.74) is -0.0560. The van der Waals surface area contributed by atoms with Crippen molar-refractivity contribution in [2.45, 2.75) is 13.3 Å². The summed E-state index contributed by atoms with van der Waals surface area (Å²) in [6, 6.07) is 5.27. The fourth-order valence-electron chi connectivity index (χ4n) is 1.08. The minimum Gasteiger partial charge on any atom is -0.268 e. The maximum atomic E-state index is 13.4. The van der Waals surface area contributed by atoms with E-state index in [9.17, 15) is 12.8 Å². The summed E-state index contributed by atoms with van der Waals surface area (Å²) < 4.78 is 40.5. The van der Waals surface area contributed by atoms with Gasteiger partial charge in [0.2, 0.25) is 0 Å². The van der Waals surface area contributed by atoms with E-state index in [0.29, 0.717) is 6.42 Å². The molecule has 0 radical (unpaired) electrons. The van der Waals surface area contributed by atoms with Crippen LogP contribution in [0.15, 0.2) is 18.2 Å². The zero-order valence-corrected chi connectivity index (χ0v) is 10.0. The molecule has 0 amide bonds. The van der Waals surface area contributed by atoms with Gasteiger partial charge in [0, 0.05) is 6.54 Å². The highest BCUT2D eigenvalue weighted by Gasteiger charge is 2.12. The summed E-state index contributed by atoms with van der Waals surface area (Å²) in [4.78, 5) is 0. The molecule has 1 aromatic rings. The molecule has 0 saturated carbocycles. The van der Waals surface area contributed by atoms with E-state index in [0.717, 1.165) is 6.07 Å². The van der Waals surface area contributed by atoms with Crippen molar-refractivity contribution in [3.05, 3.63) is 29.6 Å². The molecule has 0 atom stereocenters. The van der Waals surface area contributed by atoms with Crippen LogP contribution in [-0.2, 0) is 10.2 Å². The van der Waals surface area contributed by atoms with Crippen molar-refractivity contribution in [2.75, 3.05) is 11.3 Å². The molecule has 1 rings (SSSR count). The van der Waals surface area contributed by atoms with Gasteiger partial charge in [0.25, 0.3) is 10.2 Å². The normalized spacial score (nSPS) is 10.9. The smallest absolute Gasteiger partial charge is 0.268 e. The first kappa shape index (κ1) is 13.4. The van der Waals surface area contributed by atoms with E-state index < -0.39 is 16.0 Å². The Morgan fingerprint density at radius 1 is 1.47 bits per heavy atom. The maximum Gasteiger partial charge on any atom is 0.299 e. The van der Waals surface area contributed by atoms with Crippen molar-refractivity contribution >= 4 is 15.9 Å². The van der Waals surface area contributed by atoms with Crippen LogP contribution in [0.4, 0.5) is 10.1 Å². The standard InChI is InChI=1S/C10H12FN3O2S/c1-2-5-13-17(15,16)14-10-4-3-8(7-12)6-9(10)11/h3-4,6,13-14H,2,5H2,1H3. The molecule has 0 saturated heterocycles. The molecule has 7 heteroatoms. The number of hydrogen-bond donors (Lipinski definition) is 2. The van der Waals surface area contributed by atoms with E-state index >= 15 is 0 Å². The number of anilines is 1. The lowest BCUT2D eigenvalue weighted by Crippen LogP contribution is -2.30. The second kappa shape index (κ2) is 5.61. The number of rotatable bonds is 5. The third-order valence-corrected chi connectivity index (χ3v) is 2.96. The molecule has 5 nitrogen and oxygen atoms in total. The molecule has 0 unspecified atom stereocenters. The summed E-state index contributed by atoms with van der Waals surface area (Å²) in [5.74, 6) is -0.786. The number of halogens is 1. The van der Waals surface area contributed by atoms with Gasteiger partial charge >= 0.3 is 0 Å². The highest BCUT2D eigenvalue weighted by molar-refractivity contribution is 7.90. The quantitative estimate of drug-likeness (QED) is 0.835. The lowest BCUT2D eigenvalue weighted by molar-refractivity contribution is 0.584. The van der Waals surface area contributed by atoms with Gasteiger partial charge in [0.1, 0.15) is 5.82 Å². The number of nitrogens with zero attached hydrogens (tertiary/aromatic N) is 1. The Morgan fingerprint density at radius 3 is 2.71 bits per heavy atom. The zero-order valence-electron chi connectivity index (χ0n) is 9.20. The van der Waals surface area contributed by atoms with Crippen LogP contribution in [-0.4, -0.2) is 15.0 Å². The van der Waals surface area contributed by atoms with Gasteiger partial charge in [0.05, 0.1) is 17.3 Å². The SMILES string of the molecule is CCCNS(=O)(=O)Nc1ccc(C#N)cc1F. The second-order valence-electron chi connectivity index (χ2n) is 3.31. The molecule has 0 aliphatic carbocycles. The molecule has 1 aromatic carbocycles. The van der Waals surface area contributed by atoms with Crippen LogP contribution in [0.3, 0.4) is 0 Å². The average molecular weight is 257 g/mol. The van der Waals surface area contributed by atoms with Crippen LogP contribution in [0.2, 0.25) is 0 Å². The van der Waals surface area contributed by atoms with Crippen LogP contribution in [0.5, 0.6) is 0 Å². The Kier molecular flexibility index (Phi) is 4.43. The molecule has 0 spiro atoms. The van der Waals surface area contributed by atoms with Crippen molar-refractivity contribution in [2.24, 2.45) is 0 Å². The number of nitrogens with one attached hydrogen (secondary N) is 2. The molecule has 2 N–H and O–H groups in total. The van der Waals surface area contributed by atoms with Crippen LogP contribution in [0.25, 0.3) is 0 Å². The lowest BCUT2D eigenvalue weighted by atomic mass is 10.2.